The van der Waals surface area contributed by atoms with Gasteiger partial charge in [0.1, 0.15) is 17.2 Å². The fraction of sp³-hybridized carbons (Fsp3) is 0.136. The van der Waals surface area contributed by atoms with Gasteiger partial charge in [-0.3, -0.25) is 14.9 Å². The van der Waals surface area contributed by atoms with Crippen molar-refractivity contribution < 1.29 is 19.2 Å². The monoisotopic (exact) mass is 392 g/mol. The van der Waals surface area contributed by atoms with Gasteiger partial charge in [0, 0.05) is 17.8 Å². The Kier molecular flexibility index (Phi) is 6.09. The lowest BCUT2D eigenvalue weighted by Gasteiger charge is -2.10. The largest absolute Gasteiger partial charge is 0.484 e. The number of nitro benzene ring substituents is 1. The molecule has 0 aromatic heterocycles. The zero-order valence-electron chi connectivity index (χ0n) is 16.0. The van der Waals surface area contributed by atoms with Gasteiger partial charge >= 0.3 is 0 Å². The van der Waals surface area contributed by atoms with Gasteiger partial charge in [-0.1, -0.05) is 6.07 Å². The number of carbonyl (C=O) groups is 1. The van der Waals surface area contributed by atoms with Gasteiger partial charge in [0.05, 0.1) is 4.92 Å². The summed E-state index contributed by atoms with van der Waals surface area (Å²) >= 11 is 0. The number of ether oxygens (including phenoxy) is 2. The smallest absolute Gasteiger partial charge is 0.269 e. The molecule has 0 heterocycles. The Bertz CT molecular complexity index is 994. The highest BCUT2D eigenvalue weighted by molar-refractivity contribution is 5.91. The number of non-ortho nitro benzene ring substituents is 1. The molecule has 7 heteroatoms. The van der Waals surface area contributed by atoms with Crippen LogP contribution >= 0.6 is 0 Å². The normalized spacial score (nSPS) is 10.3. The summed E-state index contributed by atoms with van der Waals surface area (Å²) in [7, 11) is 0. The van der Waals surface area contributed by atoms with Crippen LogP contribution in [0.25, 0.3) is 0 Å². The van der Waals surface area contributed by atoms with Gasteiger partial charge in [-0.05, 0) is 73.5 Å². The van der Waals surface area contributed by atoms with Crippen molar-refractivity contribution in [2.75, 3.05) is 11.9 Å². The van der Waals surface area contributed by atoms with E-state index in [1.54, 1.807) is 24.3 Å². The highest BCUT2D eigenvalue weighted by Gasteiger charge is 2.07. The number of aryl methyl sites for hydroxylation is 2. The summed E-state index contributed by atoms with van der Waals surface area (Å²) in [4.78, 5) is 22.1. The van der Waals surface area contributed by atoms with Crippen molar-refractivity contribution in [2.45, 2.75) is 13.8 Å². The van der Waals surface area contributed by atoms with Crippen molar-refractivity contribution in [1.29, 1.82) is 0 Å². The third-order valence-corrected chi connectivity index (χ3v) is 3.99. The molecule has 29 heavy (non-hydrogen) atoms. The minimum Gasteiger partial charge on any atom is -0.484 e. The third kappa shape index (κ3) is 5.80. The summed E-state index contributed by atoms with van der Waals surface area (Å²) in [5.74, 6) is 1.59. The van der Waals surface area contributed by atoms with E-state index in [0.717, 1.165) is 16.9 Å². The lowest BCUT2D eigenvalue weighted by molar-refractivity contribution is -0.384. The average molecular weight is 392 g/mol. The molecule has 3 aromatic rings. The quantitative estimate of drug-likeness (QED) is 0.450. The van der Waals surface area contributed by atoms with E-state index in [9.17, 15) is 14.9 Å². The molecule has 0 aliphatic heterocycles. The second-order valence-electron chi connectivity index (χ2n) is 6.54. The number of hydrogen-bond donors (Lipinski definition) is 1. The average Bonchev–Trinajstić information content (AvgIpc) is 2.67. The molecule has 3 aromatic carbocycles. The molecule has 0 spiro atoms. The number of rotatable bonds is 7. The SMILES string of the molecule is Cc1cc(C)cc(Oc2ccc(OCC(=O)Nc3ccc([N+](=O)[O-])cc3)cc2)c1. The van der Waals surface area contributed by atoms with Crippen LogP contribution in [0, 0.1) is 24.0 Å². The summed E-state index contributed by atoms with van der Waals surface area (Å²) in [6.07, 6.45) is 0. The van der Waals surface area contributed by atoms with Gasteiger partial charge in [-0.2, -0.15) is 0 Å². The molecule has 0 atom stereocenters. The lowest BCUT2D eigenvalue weighted by atomic mass is 10.1. The minimum atomic E-state index is -0.498. The van der Waals surface area contributed by atoms with Crippen LogP contribution in [0.5, 0.6) is 17.2 Å². The van der Waals surface area contributed by atoms with Crippen LogP contribution in [-0.2, 0) is 4.79 Å². The van der Waals surface area contributed by atoms with E-state index in [1.807, 2.05) is 26.0 Å². The van der Waals surface area contributed by atoms with E-state index >= 15 is 0 Å². The summed E-state index contributed by atoms with van der Waals surface area (Å²) in [6, 6.07) is 18.5. The molecule has 0 fully saturated rings. The van der Waals surface area contributed by atoms with Gasteiger partial charge in [-0.15, -0.1) is 0 Å². The number of hydrogen-bond acceptors (Lipinski definition) is 5. The number of nitro groups is 1. The van der Waals surface area contributed by atoms with E-state index in [4.69, 9.17) is 9.47 Å². The Labute approximate surface area is 168 Å². The predicted molar refractivity (Wildman–Crippen MR) is 110 cm³/mol. The zero-order valence-corrected chi connectivity index (χ0v) is 16.0. The molecule has 3 rings (SSSR count). The molecule has 0 bridgehead atoms. The maximum atomic E-state index is 12.0. The predicted octanol–water partition coefficient (Wildman–Crippen LogP) is 5.02. The summed E-state index contributed by atoms with van der Waals surface area (Å²) < 4.78 is 11.3. The Morgan fingerprint density at radius 2 is 1.48 bits per heavy atom. The molecule has 0 saturated heterocycles. The fourth-order valence-corrected chi connectivity index (χ4v) is 2.74. The Morgan fingerprint density at radius 3 is 2.07 bits per heavy atom. The first kappa shape index (κ1) is 19.9. The minimum absolute atomic E-state index is 0.0395. The molecule has 0 aliphatic carbocycles. The van der Waals surface area contributed by atoms with Crippen molar-refractivity contribution >= 4 is 17.3 Å². The maximum absolute atomic E-state index is 12.0. The second kappa shape index (κ2) is 8.88. The molecule has 0 radical (unpaired) electrons. The van der Waals surface area contributed by atoms with Crippen LogP contribution in [0.3, 0.4) is 0 Å². The van der Waals surface area contributed by atoms with Crippen molar-refractivity contribution in [3.05, 3.63) is 88.0 Å². The van der Waals surface area contributed by atoms with Gasteiger partial charge in [-0.25, -0.2) is 0 Å². The number of nitrogens with one attached hydrogen (secondary N) is 1. The van der Waals surface area contributed by atoms with E-state index in [2.05, 4.69) is 11.4 Å². The van der Waals surface area contributed by atoms with Crippen LogP contribution < -0.4 is 14.8 Å². The lowest BCUT2D eigenvalue weighted by Crippen LogP contribution is -2.20. The van der Waals surface area contributed by atoms with Crippen LogP contribution in [0.4, 0.5) is 11.4 Å². The van der Waals surface area contributed by atoms with Crippen LogP contribution in [0.2, 0.25) is 0 Å². The first-order chi connectivity index (χ1) is 13.9. The van der Waals surface area contributed by atoms with Gasteiger partial charge in [0.15, 0.2) is 6.61 Å². The standard InChI is InChI=1S/C22H20N2O5/c1-15-11-16(2)13-21(12-15)29-20-9-7-19(8-10-20)28-14-22(25)23-17-3-5-18(6-4-17)24(26)27/h3-13H,14H2,1-2H3,(H,23,25). The topological polar surface area (TPSA) is 90.7 Å². The highest BCUT2D eigenvalue weighted by atomic mass is 16.6. The first-order valence-electron chi connectivity index (χ1n) is 8.92. The van der Waals surface area contributed by atoms with Crippen molar-refractivity contribution in [3.8, 4) is 17.2 Å². The summed E-state index contributed by atoms with van der Waals surface area (Å²) in [6.45, 7) is 3.84. The van der Waals surface area contributed by atoms with Gasteiger partial charge in [0.25, 0.3) is 11.6 Å². The molecule has 1 amide bonds. The maximum Gasteiger partial charge on any atom is 0.269 e. The van der Waals surface area contributed by atoms with E-state index in [0.29, 0.717) is 17.2 Å². The molecule has 0 unspecified atom stereocenters. The Morgan fingerprint density at radius 1 is 0.897 bits per heavy atom. The van der Waals surface area contributed by atoms with E-state index in [-0.39, 0.29) is 18.2 Å². The van der Waals surface area contributed by atoms with Crippen molar-refractivity contribution in [1.82, 2.24) is 0 Å². The van der Waals surface area contributed by atoms with Crippen LogP contribution in [0.1, 0.15) is 11.1 Å². The molecule has 7 nitrogen and oxygen atoms in total. The number of benzene rings is 3. The van der Waals surface area contributed by atoms with E-state index in [1.165, 1.54) is 24.3 Å². The van der Waals surface area contributed by atoms with Gasteiger partial charge in [0.2, 0.25) is 0 Å². The number of anilines is 1. The van der Waals surface area contributed by atoms with Gasteiger partial charge < -0.3 is 14.8 Å². The number of carbonyl (C=O) groups excluding carboxylic acids is 1. The number of amides is 1. The molecule has 0 saturated carbocycles. The molecule has 1 N–H and O–H groups in total. The number of nitrogens with zero attached hydrogens (tertiary/aromatic N) is 1. The summed E-state index contributed by atoms with van der Waals surface area (Å²) in [5.41, 5.74) is 2.67. The van der Waals surface area contributed by atoms with Crippen molar-refractivity contribution in [2.24, 2.45) is 0 Å². The second-order valence-corrected chi connectivity index (χ2v) is 6.54. The third-order valence-electron chi connectivity index (χ3n) is 3.99. The Hall–Kier alpha value is -3.87. The first-order valence-corrected chi connectivity index (χ1v) is 8.92. The summed E-state index contributed by atoms with van der Waals surface area (Å²) in [5, 5.41) is 13.3. The highest BCUT2D eigenvalue weighted by Crippen LogP contribution is 2.25. The zero-order chi connectivity index (χ0) is 20.8. The Balaban J connectivity index is 1.51. The van der Waals surface area contributed by atoms with Crippen molar-refractivity contribution in [3.63, 3.8) is 0 Å². The van der Waals surface area contributed by atoms with E-state index < -0.39 is 4.92 Å². The molecule has 0 aliphatic rings. The van der Waals surface area contributed by atoms with Crippen LogP contribution in [0.15, 0.2) is 66.7 Å². The molecule has 148 valence electrons. The molecular formula is C22H20N2O5. The molecular weight excluding hydrogens is 372 g/mol. The fourth-order valence-electron chi connectivity index (χ4n) is 2.74. The van der Waals surface area contributed by atoms with Crippen LogP contribution in [-0.4, -0.2) is 17.4 Å².